The van der Waals surface area contributed by atoms with Crippen molar-refractivity contribution in [1.29, 1.82) is 0 Å². The first-order chi connectivity index (χ1) is 8.73. The summed E-state index contributed by atoms with van der Waals surface area (Å²) in [4.78, 5) is 24.3. The zero-order chi connectivity index (χ0) is 14.9. The summed E-state index contributed by atoms with van der Waals surface area (Å²) in [5, 5.41) is 11.5. The first-order valence-corrected chi connectivity index (χ1v) is 6.44. The summed E-state index contributed by atoms with van der Waals surface area (Å²) in [5.41, 5.74) is -0.526. The molecule has 0 aromatic rings. The SMILES string of the molecule is CN(C)CCOCCNC(=O)CC(C)(C)CC(=O)O. The standard InChI is InChI=1S/C13H26N2O4/c1-13(2,10-12(17)18)9-11(16)14-5-7-19-8-6-15(3)4/h5-10H2,1-4H3,(H,14,16)(H,17,18). The lowest BCUT2D eigenvalue weighted by molar-refractivity contribution is -0.139. The summed E-state index contributed by atoms with van der Waals surface area (Å²) < 4.78 is 5.34. The van der Waals surface area contributed by atoms with E-state index in [1.165, 1.54) is 0 Å². The molecule has 0 rings (SSSR count). The molecule has 0 radical (unpaired) electrons. The van der Waals surface area contributed by atoms with Crippen LogP contribution in [0.3, 0.4) is 0 Å². The van der Waals surface area contributed by atoms with Crippen LogP contribution in [0.25, 0.3) is 0 Å². The van der Waals surface area contributed by atoms with Crippen LogP contribution in [0.4, 0.5) is 0 Å². The highest BCUT2D eigenvalue weighted by Crippen LogP contribution is 2.24. The van der Waals surface area contributed by atoms with Gasteiger partial charge in [0.25, 0.3) is 0 Å². The van der Waals surface area contributed by atoms with Gasteiger partial charge in [-0.15, -0.1) is 0 Å². The van der Waals surface area contributed by atoms with Gasteiger partial charge in [-0.2, -0.15) is 0 Å². The predicted octanol–water partition coefficient (Wildman–Crippen LogP) is 0.572. The van der Waals surface area contributed by atoms with E-state index >= 15 is 0 Å². The maximum atomic E-state index is 11.6. The van der Waals surface area contributed by atoms with Gasteiger partial charge in [0.05, 0.1) is 19.6 Å². The number of rotatable bonds is 10. The van der Waals surface area contributed by atoms with Crippen molar-refractivity contribution in [3.8, 4) is 0 Å². The predicted molar refractivity (Wildman–Crippen MR) is 73.0 cm³/mol. The molecule has 0 spiro atoms. The van der Waals surface area contributed by atoms with Crippen molar-refractivity contribution in [2.75, 3.05) is 40.4 Å². The van der Waals surface area contributed by atoms with E-state index in [-0.39, 0.29) is 18.7 Å². The first kappa shape index (κ1) is 17.9. The Balaban J connectivity index is 3.67. The first-order valence-electron chi connectivity index (χ1n) is 6.44. The number of carbonyl (C=O) groups is 2. The average Bonchev–Trinajstić information content (AvgIpc) is 2.19. The Labute approximate surface area is 115 Å². The maximum absolute atomic E-state index is 11.6. The zero-order valence-corrected chi connectivity index (χ0v) is 12.4. The molecule has 6 heteroatoms. The minimum absolute atomic E-state index is 0.0141. The third kappa shape index (κ3) is 11.7. The molecule has 2 N–H and O–H groups in total. The fourth-order valence-electron chi connectivity index (χ4n) is 1.58. The summed E-state index contributed by atoms with van der Waals surface area (Å²) in [5.74, 6) is -1.02. The number of carbonyl (C=O) groups excluding carboxylic acids is 1. The topological polar surface area (TPSA) is 78.9 Å². The Kier molecular flexibility index (Phi) is 8.34. The number of likely N-dealkylation sites (N-methyl/N-ethyl adjacent to an activating group) is 1. The van der Waals surface area contributed by atoms with Gasteiger partial charge in [-0.3, -0.25) is 9.59 Å². The number of nitrogens with zero attached hydrogens (tertiary/aromatic N) is 1. The van der Waals surface area contributed by atoms with Crippen LogP contribution in [0.15, 0.2) is 0 Å². The highest BCUT2D eigenvalue weighted by molar-refractivity contribution is 5.77. The van der Waals surface area contributed by atoms with Gasteiger partial charge in [0.1, 0.15) is 0 Å². The molecule has 1 amide bonds. The molecule has 0 aliphatic rings. The van der Waals surface area contributed by atoms with Gasteiger partial charge in [0.2, 0.25) is 5.91 Å². The van der Waals surface area contributed by atoms with E-state index in [0.717, 1.165) is 6.54 Å². The van der Waals surface area contributed by atoms with Crippen LogP contribution in [-0.4, -0.2) is 62.3 Å². The highest BCUT2D eigenvalue weighted by atomic mass is 16.5. The molecule has 0 fully saturated rings. The molecule has 0 aliphatic carbocycles. The third-order valence-corrected chi connectivity index (χ3v) is 2.52. The van der Waals surface area contributed by atoms with E-state index in [4.69, 9.17) is 9.84 Å². The quantitative estimate of drug-likeness (QED) is 0.569. The Hall–Kier alpha value is -1.14. The fraction of sp³-hybridized carbons (Fsp3) is 0.846. The normalized spacial score (nSPS) is 11.6. The van der Waals surface area contributed by atoms with Crippen molar-refractivity contribution < 1.29 is 19.4 Å². The van der Waals surface area contributed by atoms with Crippen LogP contribution in [0.5, 0.6) is 0 Å². The van der Waals surface area contributed by atoms with Crippen LogP contribution in [-0.2, 0) is 14.3 Å². The number of aliphatic carboxylic acids is 1. The smallest absolute Gasteiger partial charge is 0.303 e. The third-order valence-electron chi connectivity index (χ3n) is 2.52. The van der Waals surface area contributed by atoms with Crippen molar-refractivity contribution in [2.45, 2.75) is 26.7 Å². The number of carboxylic acids is 1. The van der Waals surface area contributed by atoms with Gasteiger partial charge >= 0.3 is 5.97 Å². The minimum Gasteiger partial charge on any atom is -0.481 e. The Bertz CT molecular complexity index is 290. The van der Waals surface area contributed by atoms with Crippen LogP contribution < -0.4 is 5.32 Å². The van der Waals surface area contributed by atoms with E-state index in [0.29, 0.717) is 19.8 Å². The summed E-state index contributed by atoms with van der Waals surface area (Å²) in [6.45, 7) is 5.95. The molecule has 112 valence electrons. The van der Waals surface area contributed by atoms with Gasteiger partial charge in [-0.05, 0) is 19.5 Å². The number of carboxylic acid groups (broad SMARTS) is 1. The highest BCUT2D eigenvalue weighted by Gasteiger charge is 2.24. The second-order valence-corrected chi connectivity index (χ2v) is 5.68. The molecular weight excluding hydrogens is 248 g/mol. The summed E-state index contributed by atoms with van der Waals surface area (Å²) in [7, 11) is 3.94. The molecule has 0 atom stereocenters. The molecule has 0 saturated heterocycles. The van der Waals surface area contributed by atoms with E-state index in [9.17, 15) is 9.59 Å². The molecular formula is C13H26N2O4. The molecule has 0 bridgehead atoms. The van der Waals surface area contributed by atoms with E-state index < -0.39 is 11.4 Å². The van der Waals surface area contributed by atoms with Crippen molar-refractivity contribution in [3.63, 3.8) is 0 Å². The van der Waals surface area contributed by atoms with Crippen molar-refractivity contribution in [2.24, 2.45) is 5.41 Å². The minimum atomic E-state index is -0.884. The van der Waals surface area contributed by atoms with Gasteiger partial charge in [0.15, 0.2) is 0 Å². The monoisotopic (exact) mass is 274 g/mol. The van der Waals surface area contributed by atoms with Crippen LogP contribution in [0, 0.1) is 5.41 Å². The Morgan fingerprint density at radius 1 is 1.21 bits per heavy atom. The summed E-state index contributed by atoms with van der Waals surface area (Å²) in [6, 6.07) is 0. The molecule has 0 aliphatic heterocycles. The van der Waals surface area contributed by atoms with Gasteiger partial charge in [-0.1, -0.05) is 13.8 Å². The van der Waals surface area contributed by atoms with Gasteiger partial charge in [0, 0.05) is 19.5 Å². The number of ether oxygens (including phenoxy) is 1. The van der Waals surface area contributed by atoms with E-state index in [1.807, 2.05) is 19.0 Å². The van der Waals surface area contributed by atoms with Crippen LogP contribution in [0.2, 0.25) is 0 Å². The number of amides is 1. The van der Waals surface area contributed by atoms with Crippen LogP contribution >= 0.6 is 0 Å². The lowest BCUT2D eigenvalue weighted by atomic mass is 9.85. The number of nitrogens with one attached hydrogen (secondary N) is 1. The van der Waals surface area contributed by atoms with Crippen molar-refractivity contribution in [3.05, 3.63) is 0 Å². The fourth-order valence-corrected chi connectivity index (χ4v) is 1.58. The second-order valence-electron chi connectivity index (χ2n) is 5.68. The second kappa shape index (κ2) is 8.87. The average molecular weight is 274 g/mol. The number of hydrogen-bond acceptors (Lipinski definition) is 4. The number of hydrogen-bond donors (Lipinski definition) is 2. The lowest BCUT2D eigenvalue weighted by Crippen LogP contribution is -2.32. The largest absolute Gasteiger partial charge is 0.481 e. The lowest BCUT2D eigenvalue weighted by Gasteiger charge is -2.21. The molecule has 19 heavy (non-hydrogen) atoms. The molecule has 0 heterocycles. The molecule has 0 aromatic carbocycles. The van der Waals surface area contributed by atoms with E-state index in [2.05, 4.69) is 5.32 Å². The Morgan fingerprint density at radius 2 is 1.84 bits per heavy atom. The molecule has 0 aromatic heterocycles. The van der Waals surface area contributed by atoms with Gasteiger partial charge in [-0.25, -0.2) is 0 Å². The molecule has 6 nitrogen and oxygen atoms in total. The van der Waals surface area contributed by atoms with Gasteiger partial charge < -0.3 is 20.1 Å². The summed E-state index contributed by atoms with van der Waals surface area (Å²) in [6.07, 6.45) is 0.191. The maximum Gasteiger partial charge on any atom is 0.303 e. The molecule has 0 saturated carbocycles. The zero-order valence-electron chi connectivity index (χ0n) is 12.4. The van der Waals surface area contributed by atoms with Crippen LogP contribution in [0.1, 0.15) is 26.7 Å². The molecule has 0 unspecified atom stereocenters. The summed E-state index contributed by atoms with van der Waals surface area (Å²) >= 11 is 0. The Morgan fingerprint density at radius 3 is 2.37 bits per heavy atom. The van der Waals surface area contributed by atoms with Crippen molar-refractivity contribution >= 4 is 11.9 Å². The van der Waals surface area contributed by atoms with E-state index in [1.54, 1.807) is 13.8 Å². The van der Waals surface area contributed by atoms with Crippen molar-refractivity contribution in [1.82, 2.24) is 10.2 Å².